The molecule has 26 heavy (non-hydrogen) atoms. The highest BCUT2D eigenvalue weighted by atomic mass is 16.2. The topological polar surface area (TPSA) is 61.0 Å². The zero-order valence-corrected chi connectivity index (χ0v) is 15.0. The molecule has 2 N–H and O–H groups in total. The number of aryl methyl sites for hydroxylation is 1. The predicted molar refractivity (Wildman–Crippen MR) is 104 cm³/mol. The second-order valence-electron chi connectivity index (χ2n) is 6.84. The Balaban J connectivity index is 1.39. The van der Waals surface area contributed by atoms with Crippen LogP contribution >= 0.6 is 0 Å². The maximum Gasteiger partial charge on any atom is 0.321 e. The van der Waals surface area contributed by atoms with Crippen molar-refractivity contribution in [2.75, 3.05) is 18.4 Å². The van der Waals surface area contributed by atoms with Crippen LogP contribution in [0.15, 0.2) is 48.5 Å². The monoisotopic (exact) mass is 348 g/mol. The van der Waals surface area contributed by atoms with E-state index in [4.69, 9.17) is 4.98 Å². The third kappa shape index (κ3) is 3.29. The first-order valence-electron chi connectivity index (χ1n) is 9.33. The summed E-state index contributed by atoms with van der Waals surface area (Å²) in [5.41, 5.74) is 4.18. The molecule has 0 aliphatic carbocycles. The van der Waals surface area contributed by atoms with Gasteiger partial charge in [-0.1, -0.05) is 37.3 Å². The van der Waals surface area contributed by atoms with Crippen molar-refractivity contribution in [1.82, 2.24) is 14.9 Å². The average molecular weight is 348 g/mol. The number of piperidine rings is 1. The van der Waals surface area contributed by atoms with Gasteiger partial charge in [-0.15, -0.1) is 0 Å². The number of fused-ring (bicyclic) bond motifs is 1. The summed E-state index contributed by atoms with van der Waals surface area (Å²) in [4.78, 5) is 22.7. The predicted octanol–water partition coefficient (Wildman–Crippen LogP) is 4.54. The van der Waals surface area contributed by atoms with Gasteiger partial charge >= 0.3 is 6.03 Å². The summed E-state index contributed by atoms with van der Waals surface area (Å²) in [6.45, 7) is 3.60. The van der Waals surface area contributed by atoms with Crippen LogP contribution < -0.4 is 5.32 Å². The smallest absolute Gasteiger partial charge is 0.321 e. The maximum atomic E-state index is 12.6. The highest BCUT2D eigenvalue weighted by Crippen LogP contribution is 2.28. The minimum atomic E-state index is -0.00560. The van der Waals surface area contributed by atoms with Crippen molar-refractivity contribution in [3.8, 4) is 0 Å². The van der Waals surface area contributed by atoms with E-state index in [2.05, 4.69) is 29.4 Å². The fourth-order valence-corrected chi connectivity index (χ4v) is 3.67. The molecule has 0 atom stereocenters. The lowest BCUT2D eigenvalue weighted by atomic mass is 9.96. The molecule has 1 aromatic heterocycles. The number of likely N-dealkylation sites (tertiary alicyclic amines) is 1. The number of urea groups is 1. The van der Waals surface area contributed by atoms with Gasteiger partial charge in [0.1, 0.15) is 5.82 Å². The summed E-state index contributed by atoms with van der Waals surface area (Å²) < 4.78 is 0. The number of hydrogen-bond donors (Lipinski definition) is 2. The first-order valence-corrected chi connectivity index (χ1v) is 9.33. The van der Waals surface area contributed by atoms with E-state index in [-0.39, 0.29) is 6.03 Å². The molecule has 0 bridgehead atoms. The van der Waals surface area contributed by atoms with E-state index in [1.54, 1.807) is 0 Å². The fraction of sp³-hybridized carbons (Fsp3) is 0.333. The normalized spacial score (nSPS) is 15.3. The highest BCUT2D eigenvalue weighted by Gasteiger charge is 2.26. The first-order chi connectivity index (χ1) is 12.7. The summed E-state index contributed by atoms with van der Waals surface area (Å²) in [7, 11) is 0. The van der Waals surface area contributed by atoms with Crippen molar-refractivity contribution in [2.45, 2.75) is 32.1 Å². The molecule has 4 rings (SSSR count). The van der Waals surface area contributed by atoms with Crippen molar-refractivity contribution in [3.05, 3.63) is 59.9 Å². The maximum absolute atomic E-state index is 12.6. The molecule has 1 saturated heterocycles. The SMILES string of the molecule is CCc1ccccc1NC(=O)N1CCC(c2nc3ccccc3[nH]2)CC1. The number of amides is 2. The van der Waals surface area contributed by atoms with Gasteiger partial charge in [0.15, 0.2) is 0 Å². The van der Waals surface area contributed by atoms with Crippen LogP contribution in [0.3, 0.4) is 0 Å². The van der Waals surface area contributed by atoms with E-state index < -0.39 is 0 Å². The van der Waals surface area contributed by atoms with Gasteiger partial charge in [0, 0.05) is 24.7 Å². The van der Waals surface area contributed by atoms with Crippen LogP contribution in [0.1, 0.15) is 37.1 Å². The second-order valence-corrected chi connectivity index (χ2v) is 6.84. The molecule has 2 amide bonds. The Hall–Kier alpha value is -2.82. The van der Waals surface area contributed by atoms with Crippen LogP contribution in [0.5, 0.6) is 0 Å². The highest BCUT2D eigenvalue weighted by molar-refractivity contribution is 5.90. The summed E-state index contributed by atoms with van der Waals surface area (Å²) in [5, 5.41) is 3.07. The lowest BCUT2D eigenvalue weighted by molar-refractivity contribution is 0.193. The van der Waals surface area contributed by atoms with Crippen LogP contribution in [0, 0.1) is 0 Å². The summed E-state index contributed by atoms with van der Waals surface area (Å²) in [6.07, 6.45) is 2.77. The number of aromatic amines is 1. The number of nitrogens with zero attached hydrogens (tertiary/aromatic N) is 2. The quantitative estimate of drug-likeness (QED) is 0.730. The molecule has 0 unspecified atom stereocenters. The number of hydrogen-bond acceptors (Lipinski definition) is 2. The molecule has 1 aliphatic heterocycles. The Kier molecular flexibility index (Phi) is 4.61. The molecule has 0 radical (unpaired) electrons. The van der Waals surface area contributed by atoms with Crippen molar-refractivity contribution < 1.29 is 4.79 Å². The number of para-hydroxylation sites is 3. The molecule has 134 valence electrons. The van der Waals surface area contributed by atoms with E-state index in [1.165, 1.54) is 0 Å². The van der Waals surface area contributed by atoms with Gasteiger partial charge in [0.05, 0.1) is 11.0 Å². The Morgan fingerprint density at radius 2 is 1.88 bits per heavy atom. The number of nitrogens with one attached hydrogen (secondary N) is 2. The first kappa shape index (κ1) is 16.6. The molecule has 2 aromatic carbocycles. The zero-order valence-electron chi connectivity index (χ0n) is 15.0. The molecule has 1 fully saturated rings. The summed E-state index contributed by atoms with van der Waals surface area (Å²) >= 11 is 0. The standard InChI is InChI=1S/C21H24N4O/c1-2-15-7-3-4-8-17(15)24-21(26)25-13-11-16(12-14-25)20-22-18-9-5-6-10-19(18)23-20/h3-10,16H,2,11-14H2,1H3,(H,22,23)(H,24,26). The van der Waals surface area contributed by atoms with Crippen LogP contribution in [-0.4, -0.2) is 34.0 Å². The molecule has 5 heteroatoms. The van der Waals surface area contributed by atoms with Crippen molar-refractivity contribution >= 4 is 22.8 Å². The Morgan fingerprint density at radius 3 is 2.65 bits per heavy atom. The number of H-pyrrole nitrogens is 1. The van der Waals surface area contributed by atoms with Crippen LogP contribution in [0.25, 0.3) is 11.0 Å². The number of imidazole rings is 1. The summed E-state index contributed by atoms with van der Waals surface area (Å²) in [6, 6.07) is 16.1. The van der Waals surface area contributed by atoms with Crippen molar-refractivity contribution in [1.29, 1.82) is 0 Å². The van der Waals surface area contributed by atoms with Crippen LogP contribution in [0.4, 0.5) is 10.5 Å². The Bertz CT molecular complexity index is 876. The molecule has 0 spiro atoms. The van der Waals surface area contributed by atoms with E-state index >= 15 is 0 Å². The van der Waals surface area contributed by atoms with Gasteiger partial charge in [-0.3, -0.25) is 0 Å². The Morgan fingerprint density at radius 1 is 1.15 bits per heavy atom. The van der Waals surface area contributed by atoms with Crippen LogP contribution in [-0.2, 0) is 6.42 Å². The lowest BCUT2D eigenvalue weighted by Gasteiger charge is -2.31. The van der Waals surface area contributed by atoms with Crippen molar-refractivity contribution in [3.63, 3.8) is 0 Å². The molecule has 3 aromatic rings. The number of aromatic nitrogens is 2. The second kappa shape index (κ2) is 7.20. The van der Waals surface area contributed by atoms with Crippen molar-refractivity contribution in [2.24, 2.45) is 0 Å². The largest absolute Gasteiger partial charge is 0.342 e. The van der Waals surface area contributed by atoms with E-state index in [9.17, 15) is 4.79 Å². The number of carbonyl (C=O) groups excluding carboxylic acids is 1. The molecule has 1 aliphatic rings. The molecular weight excluding hydrogens is 324 g/mol. The number of anilines is 1. The third-order valence-corrected chi connectivity index (χ3v) is 5.22. The minimum absolute atomic E-state index is 0.00560. The fourth-order valence-electron chi connectivity index (χ4n) is 3.67. The molecule has 0 saturated carbocycles. The Labute approximate surface area is 153 Å². The minimum Gasteiger partial charge on any atom is -0.342 e. The average Bonchev–Trinajstić information content (AvgIpc) is 3.13. The van der Waals surface area contributed by atoms with E-state index in [0.717, 1.165) is 60.5 Å². The van der Waals surface area contributed by atoms with E-state index in [1.807, 2.05) is 41.3 Å². The number of benzene rings is 2. The molecule has 5 nitrogen and oxygen atoms in total. The zero-order chi connectivity index (χ0) is 17.9. The third-order valence-electron chi connectivity index (χ3n) is 5.22. The van der Waals surface area contributed by atoms with Gasteiger partial charge < -0.3 is 15.2 Å². The number of carbonyl (C=O) groups is 1. The molecule has 2 heterocycles. The lowest BCUT2D eigenvalue weighted by Crippen LogP contribution is -2.40. The van der Waals surface area contributed by atoms with Gasteiger partial charge in [0.2, 0.25) is 0 Å². The van der Waals surface area contributed by atoms with Gasteiger partial charge in [-0.25, -0.2) is 9.78 Å². The van der Waals surface area contributed by atoms with Gasteiger partial charge in [-0.05, 0) is 43.0 Å². The summed E-state index contributed by atoms with van der Waals surface area (Å²) in [5.74, 6) is 1.43. The number of rotatable bonds is 3. The van der Waals surface area contributed by atoms with Gasteiger partial charge in [0.25, 0.3) is 0 Å². The van der Waals surface area contributed by atoms with Crippen LogP contribution in [0.2, 0.25) is 0 Å². The molecular formula is C21H24N4O. The van der Waals surface area contributed by atoms with Gasteiger partial charge in [-0.2, -0.15) is 0 Å². The van der Waals surface area contributed by atoms with E-state index in [0.29, 0.717) is 5.92 Å².